The fourth-order valence-corrected chi connectivity index (χ4v) is 2.75. The van der Waals surface area contributed by atoms with Gasteiger partial charge in [0.15, 0.2) is 5.15 Å². The van der Waals surface area contributed by atoms with E-state index in [1.54, 1.807) is 12.1 Å². The lowest BCUT2D eigenvalue weighted by atomic mass is 9.98. The third kappa shape index (κ3) is 1.93. The first-order valence-corrected chi connectivity index (χ1v) is 6.54. The van der Waals surface area contributed by atoms with E-state index in [2.05, 4.69) is 16.5 Å². The summed E-state index contributed by atoms with van der Waals surface area (Å²) in [6, 6.07) is 6.41. The summed E-state index contributed by atoms with van der Waals surface area (Å²) in [5.41, 5.74) is 2.02. The molecule has 4 heteroatoms. The van der Waals surface area contributed by atoms with Crippen LogP contribution in [0.4, 0.5) is 4.39 Å². The normalized spacial score (nSPS) is 18.7. The van der Waals surface area contributed by atoms with Crippen LogP contribution in [0.15, 0.2) is 24.3 Å². The maximum absolute atomic E-state index is 12.9. The van der Waals surface area contributed by atoms with E-state index in [0.717, 1.165) is 36.5 Å². The number of aromatic nitrogens is 2. The molecular formula is C14H14ClFN2. The van der Waals surface area contributed by atoms with E-state index in [0.29, 0.717) is 11.1 Å². The van der Waals surface area contributed by atoms with E-state index in [1.165, 1.54) is 12.1 Å². The van der Waals surface area contributed by atoms with Crippen molar-refractivity contribution in [3.05, 3.63) is 40.9 Å². The molecule has 94 valence electrons. The molecule has 0 spiro atoms. The predicted molar refractivity (Wildman–Crippen MR) is 70.1 cm³/mol. The molecule has 18 heavy (non-hydrogen) atoms. The molecule has 1 unspecified atom stereocenters. The Morgan fingerprint density at radius 3 is 2.78 bits per heavy atom. The zero-order valence-corrected chi connectivity index (χ0v) is 10.9. The van der Waals surface area contributed by atoms with Crippen LogP contribution in [-0.4, -0.2) is 9.55 Å². The van der Waals surface area contributed by atoms with Crippen molar-refractivity contribution in [1.29, 1.82) is 0 Å². The Labute approximate surface area is 110 Å². The van der Waals surface area contributed by atoms with Crippen LogP contribution < -0.4 is 0 Å². The van der Waals surface area contributed by atoms with Crippen molar-refractivity contribution in [3.63, 3.8) is 0 Å². The smallest absolute Gasteiger partial charge is 0.150 e. The quantitative estimate of drug-likeness (QED) is 0.763. The molecule has 3 rings (SSSR count). The van der Waals surface area contributed by atoms with Gasteiger partial charge in [-0.15, -0.1) is 0 Å². The van der Waals surface area contributed by atoms with E-state index in [4.69, 9.17) is 11.6 Å². The lowest BCUT2D eigenvalue weighted by molar-refractivity contribution is 0.419. The van der Waals surface area contributed by atoms with E-state index < -0.39 is 0 Å². The molecule has 1 aromatic heterocycles. The van der Waals surface area contributed by atoms with Gasteiger partial charge in [0.1, 0.15) is 11.6 Å². The molecule has 0 saturated heterocycles. The number of hydrogen-bond acceptors (Lipinski definition) is 1. The van der Waals surface area contributed by atoms with Gasteiger partial charge in [-0.05, 0) is 43.0 Å². The van der Waals surface area contributed by atoms with Gasteiger partial charge in [-0.25, -0.2) is 9.37 Å². The second kappa shape index (κ2) is 4.39. The average Bonchev–Trinajstić information content (AvgIpc) is 2.68. The van der Waals surface area contributed by atoms with Crippen LogP contribution in [0.1, 0.15) is 19.0 Å². The molecule has 0 bridgehead atoms. The number of benzene rings is 1. The van der Waals surface area contributed by atoms with E-state index in [-0.39, 0.29) is 5.82 Å². The highest BCUT2D eigenvalue weighted by molar-refractivity contribution is 6.30. The zero-order valence-electron chi connectivity index (χ0n) is 10.2. The predicted octanol–water partition coefficient (Wildman–Crippen LogP) is 3.92. The van der Waals surface area contributed by atoms with Gasteiger partial charge in [0.05, 0.1) is 5.69 Å². The molecule has 1 atom stereocenters. The minimum absolute atomic E-state index is 0.233. The molecule has 0 radical (unpaired) electrons. The van der Waals surface area contributed by atoms with Gasteiger partial charge < -0.3 is 4.57 Å². The monoisotopic (exact) mass is 264 g/mol. The highest BCUT2D eigenvalue weighted by Crippen LogP contribution is 2.31. The maximum Gasteiger partial charge on any atom is 0.150 e. The third-order valence-corrected chi connectivity index (χ3v) is 3.82. The highest BCUT2D eigenvalue weighted by Gasteiger charge is 2.23. The summed E-state index contributed by atoms with van der Waals surface area (Å²) in [6.07, 6.45) is 2.10. The molecule has 0 fully saturated rings. The molecule has 0 saturated carbocycles. The van der Waals surface area contributed by atoms with Gasteiger partial charge >= 0.3 is 0 Å². The summed E-state index contributed by atoms with van der Waals surface area (Å²) in [5.74, 6) is 1.26. The molecule has 2 nitrogen and oxygen atoms in total. The summed E-state index contributed by atoms with van der Waals surface area (Å²) in [5, 5.41) is 0.584. The van der Waals surface area contributed by atoms with E-state index in [1.807, 2.05) is 0 Å². The summed E-state index contributed by atoms with van der Waals surface area (Å²) >= 11 is 6.20. The van der Waals surface area contributed by atoms with Gasteiger partial charge in [-0.2, -0.15) is 0 Å². The van der Waals surface area contributed by atoms with Crippen LogP contribution in [-0.2, 0) is 13.0 Å². The van der Waals surface area contributed by atoms with Crippen LogP contribution in [0.25, 0.3) is 11.4 Å². The second-order valence-electron chi connectivity index (χ2n) is 4.93. The Bertz CT molecular complexity index is 574. The van der Waals surface area contributed by atoms with Crippen LogP contribution in [0.5, 0.6) is 0 Å². The van der Waals surface area contributed by atoms with Gasteiger partial charge in [-0.3, -0.25) is 0 Å². The minimum atomic E-state index is -0.233. The third-order valence-electron chi connectivity index (χ3n) is 3.51. The Morgan fingerprint density at radius 2 is 2.06 bits per heavy atom. The highest BCUT2D eigenvalue weighted by atomic mass is 35.5. The molecule has 1 aliphatic rings. The molecule has 1 aromatic carbocycles. The molecule has 2 heterocycles. The first kappa shape index (κ1) is 11.7. The molecule has 1 aliphatic heterocycles. The topological polar surface area (TPSA) is 17.8 Å². The molecule has 0 aliphatic carbocycles. The van der Waals surface area contributed by atoms with Gasteiger partial charge in [0, 0.05) is 12.1 Å². The summed E-state index contributed by atoms with van der Waals surface area (Å²) in [6.45, 7) is 3.16. The van der Waals surface area contributed by atoms with Gasteiger partial charge in [0.2, 0.25) is 0 Å². The van der Waals surface area contributed by atoms with Crippen molar-refractivity contribution in [2.75, 3.05) is 0 Å². The first-order chi connectivity index (χ1) is 8.65. The largest absolute Gasteiger partial charge is 0.327 e. The Hall–Kier alpha value is -1.35. The summed E-state index contributed by atoms with van der Waals surface area (Å²) in [7, 11) is 0. The van der Waals surface area contributed by atoms with Crippen LogP contribution in [0.2, 0.25) is 5.15 Å². The maximum atomic E-state index is 12.9. The van der Waals surface area contributed by atoms with Gasteiger partial charge in [0.25, 0.3) is 0 Å². The average molecular weight is 265 g/mol. The van der Waals surface area contributed by atoms with Crippen molar-refractivity contribution in [3.8, 4) is 11.4 Å². The van der Waals surface area contributed by atoms with Gasteiger partial charge in [-0.1, -0.05) is 18.5 Å². The molecule has 0 N–H and O–H groups in total. The number of imidazole rings is 1. The second-order valence-corrected chi connectivity index (χ2v) is 5.29. The number of fused-ring (bicyclic) bond motifs is 1. The van der Waals surface area contributed by atoms with Crippen LogP contribution >= 0.6 is 11.6 Å². The lowest BCUT2D eigenvalue weighted by Crippen LogP contribution is -2.17. The van der Waals surface area contributed by atoms with E-state index in [9.17, 15) is 4.39 Å². The van der Waals surface area contributed by atoms with Crippen LogP contribution in [0.3, 0.4) is 0 Å². The number of nitrogens with zero attached hydrogens (tertiary/aromatic N) is 2. The number of hydrogen-bond donors (Lipinski definition) is 0. The first-order valence-electron chi connectivity index (χ1n) is 6.16. The SMILES string of the molecule is CC1CCn2c(-c3ccc(F)cc3)nc(Cl)c2C1. The standard InChI is InChI=1S/C14H14ClFN2/c1-9-6-7-18-12(8-9)13(15)17-14(18)10-2-4-11(16)5-3-10/h2-5,9H,6-8H2,1H3. The lowest BCUT2D eigenvalue weighted by Gasteiger charge is -2.22. The van der Waals surface area contributed by atoms with E-state index >= 15 is 0 Å². The molecule has 2 aromatic rings. The zero-order chi connectivity index (χ0) is 12.7. The fraction of sp³-hybridized carbons (Fsp3) is 0.357. The Kier molecular flexibility index (Phi) is 2.86. The Morgan fingerprint density at radius 1 is 1.33 bits per heavy atom. The number of halogens is 2. The van der Waals surface area contributed by atoms with Crippen molar-refractivity contribution < 1.29 is 4.39 Å². The fourth-order valence-electron chi connectivity index (χ4n) is 2.49. The van der Waals surface area contributed by atoms with Crippen molar-refractivity contribution in [2.45, 2.75) is 26.3 Å². The molecular weight excluding hydrogens is 251 g/mol. The Balaban J connectivity index is 2.08. The van der Waals surface area contributed by atoms with Crippen molar-refractivity contribution in [2.24, 2.45) is 5.92 Å². The number of rotatable bonds is 1. The minimum Gasteiger partial charge on any atom is -0.327 e. The van der Waals surface area contributed by atoms with Crippen LogP contribution in [0, 0.1) is 11.7 Å². The summed E-state index contributed by atoms with van der Waals surface area (Å²) < 4.78 is 15.1. The van der Waals surface area contributed by atoms with Crippen molar-refractivity contribution in [1.82, 2.24) is 9.55 Å². The summed E-state index contributed by atoms with van der Waals surface area (Å²) in [4.78, 5) is 4.43. The van der Waals surface area contributed by atoms with Crippen molar-refractivity contribution >= 4 is 11.6 Å². The molecule has 0 amide bonds.